The molecule has 102 valence electrons. The standard InChI is InChI=1S/C15H27N3/c1-4-13-11-15(18(3)17-13)10-12-7-6-8-14(9-12)16-5-2/h11-12,14,16H,4-10H2,1-3H3. The van der Waals surface area contributed by atoms with E-state index in [9.17, 15) is 0 Å². The summed E-state index contributed by atoms with van der Waals surface area (Å²) >= 11 is 0. The lowest BCUT2D eigenvalue weighted by Crippen LogP contribution is -2.34. The van der Waals surface area contributed by atoms with Crippen LogP contribution < -0.4 is 5.32 Å². The lowest BCUT2D eigenvalue weighted by atomic mass is 9.83. The van der Waals surface area contributed by atoms with Crippen molar-refractivity contribution in [3.63, 3.8) is 0 Å². The Balaban J connectivity index is 1.93. The van der Waals surface area contributed by atoms with Crippen molar-refractivity contribution in [1.82, 2.24) is 15.1 Å². The first-order valence-corrected chi connectivity index (χ1v) is 7.48. The summed E-state index contributed by atoms with van der Waals surface area (Å²) in [4.78, 5) is 0. The van der Waals surface area contributed by atoms with Gasteiger partial charge in [0, 0.05) is 18.8 Å². The van der Waals surface area contributed by atoms with Gasteiger partial charge in [-0.05, 0) is 50.6 Å². The number of rotatable bonds is 5. The van der Waals surface area contributed by atoms with Gasteiger partial charge in [0.15, 0.2) is 0 Å². The van der Waals surface area contributed by atoms with E-state index >= 15 is 0 Å². The summed E-state index contributed by atoms with van der Waals surface area (Å²) in [6, 6.07) is 3.03. The molecule has 1 aromatic heterocycles. The summed E-state index contributed by atoms with van der Waals surface area (Å²) in [5.41, 5.74) is 2.64. The van der Waals surface area contributed by atoms with Crippen LogP contribution in [0.2, 0.25) is 0 Å². The van der Waals surface area contributed by atoms with Crippen LogP contribution in [-0.2, 0) is 19.9 Å². The topological polar surface area (TPSA) is 29.9 Å². The molecular formula is C15H27N3. The molecule has 3 nitrogen and oxygen atoms in total. The first-order valence-electron chi connectivity index (χ1n) is 7.48. The number of hydrogen-bond donors (Lipinski definition) is 1. The SMILES string of the molecule is CCNC1CCCC(Cc2cc(CC)nn2C)C1. The van der Waals surface area contributed by atoms with E-state index in [1.54, 1.807) is 0 Å². The molecule has 1 aliphatic rings. The lowest BCUT2D eigenvalue weighted by Gasteiger charge is -2.29. The highest BCUT2D eigenvalue weighted by Gasteiger charge is 2.22. The molecular weight excluding hydrogens is 222 g/mol. The highest BCUT2D eigenvalue weighted by atomic mass is 15.3. The van der Waals surface area contributed by atoms with Crippen molar-refractivity contribution in [2.24, 2.45) is 13.0 Å². The Kier molecular flexibility index (Phi) is 4.81. The molecule has 2 unspecified atom stereocenters. The summed E-state index contributed by atoms with van der Waals surface area (Å²) in [7, 11) is 2.08. The summed E-state index contributed by atoms with van der Waals surface area (Å²) in [6.45, 7) is 5.48. The van der Waals surface area contributed by atoms with E-state index in [1.165, 1.54) is 43.5 Å². The predicted octanol–water partition coefficient (Wildman–Crippen LogP) is 2.69. The first-order chi connectivity index (χ1) is 8.72. The van der Waals surface area contributed by atoms with E-state index in [0.717, 1.165) is 24.9 Å². The maximum absolute atomic E-state index is 4.55. The zero-order valence-electron chi connectivity index (χ0n) is 12.1. The first kappa shape index (κ1) is 13.6. The number of nitrogens with one attached hydrogen (secondary N) is 1. The molecule has 2 atom stereocenters. The molecule has 0 radical (unpaired) electrons. The Labute approximate surface area is 111 Å². The van der Waals surface area contributed by atoms with Gasteiger partial charge in [0.05, 0.1) is 5.69 Å². The predicted molar refractivity (Wildman–Crippen MR) is 75.7 cm³/mol. The fraction of sp³-hybridized carbons (Fsp3) is 0.800. The molecule has 0 amide bonds. The van der Waals surface area contributed by atoms with E-state index in [0.29, 0.717) is 0 Å². The van der Waals surface area contributed by atoms with Crippen molar-refractivity contribution < 1.29 is 0 Å². The summed E-state index contributed by atoms with van der Waals surface area (Å²) in [5.74, 6) is 0.836. The van der Waals surface area contributed by atoms with Crippen molar-refractivity contribution >= 4 is 0 Å². The van der Waals surface area contributed by atoms with Crippen molar-refractivity contribution in [3.8, 4) is 0 Å². The minimum Gasteiger partial charge on any atom is -0.314 e. The Morgan fingerprint density at radius 3 is 2.89 bits per heavy atom. The number of aryl methyl sites for hydroxylation is 2. The highest BCUT2D eigenvalue weighted by molar-refractivity contribution is 5.11. The molecule has 0 saturated heterocycles. The Morgan fingerprint density at radius 2 is 2.22 bits per heavy atom. The molecule has 0 aliphatic heterocycles. The van der Waals surface area contributed by atoms with Crippen LogP contribution in [0.3, 0.4) is 0 Å². The Morgan fingerprint density at radius 1 is 1.39 bits per heavy atom. The van der Waals surface area contributed by atoms with Gasteiger partial charge in [-0.2, -0.15) is 5.10 Å². The fourth-order valence-corrected chi connectivity index (χ4v) is 3.18. The van der Waals surface area contributed by atoms with Crippen LogP contribution in [0.5, 0.6) is 0 Å². The molecule has 1 aromatic rings. The van der Waals surface area contributed by atoms with Crippen LogP contribution in [0, 0.1) is 5.92 Å². The molecule has 18 heavy (non-hydrogen) atoms. The van der Waals surface area contributed by atoms with Gasteiger partial charge < -0.3 is 5.32 Å². The fourth-order valence-electron chi connectivity index (χ4n) is 3.18. The summed E-state index contributed by atoms with van der Waals surface area (Å²) in [6.07, 6.45) is 7.69. The number of aromatic nitrogens is 2. The van der Waals surface area contributed by atoms with Crippen LogP contribution in [0.4, 0.5) is 0 Å². The average Bonchev–Trinajstić information content (AvgIpc) is 2.71. The lowest BCUT2D eigenvalue weighted by molar-refractivity contribution is 0.284. The number of nitrogens with zero attached hydrogens (tertiary/aromatic N) is 2. The zero-order chi connectivity index (χ0) is 13.0. The molecule has 1 heterocycles. The van der Waals surface area contributed by atoms with Crippen LogP contribution >= 0.6 is 0 Å². The van der Waals surface area contributed by atoms with Crippen LogP contribution in [-0.4, -0.2) is 22.4 Å². The van der Waals surface area contributed by atoms with E-state index < -0.39 is 0 Å². The zero-order valence-corrected chi connectivity index (χ0v) is 12.1. The largest absolute Gasteiger partial charge is 0.314 e. The van der Waals surface area contributed by atoms with Crippen molar-refractivity contribution in [2.75, 3.05) is 6.54 Å². The Bertz CT molecular complexity index is 368. The minimum atomic E-state index is 0.743. The third-order valence-corrected chi connectivity index (χ3v) is 4.16. The van der Waals surface area contributed by atoms with Gasteiger partial charge in [-0.15, -0.1) is 0 Å². The Hall–Kier alpha value is -0.830. The van der Waals surface area contributed by atoms with Crippen LogP contribution in [0.15, 0.2) is 6.07 Å². The smallest absolute Gasteiger partial charge is 0.0624 e. The molecule has 0 bridgehead atoms. The summed E-state index contributed by atoms with van der Waals surface area (Å²) < 4.78 is 2.08. The molecule has 1 aliphatic carbocycles. The van der Waals surface area contributed by atoms with Gasteiger partial charge in [-0.1, -0.05) is 20.3 Å². The van der Waals surface area contributed by atoms with Gasteiger partial charge in [-0.25, -0.2) is 0 Å². The van der Waals surface area contributed by atoms with E-state index in [2.05, 4.69) is 42.1 Å². The second-order valence-corrected chi connectivity index (χ2v) is 5.60. The van der Waals surface area contributed by atoms with Gasteiger partial charge >= 0.3 is 0 Å². The van der Waals surface area contributed by atoms with Crippen molar-refractivity contribution in [3.05, 3.63) is 17.5 Å². The maximum atomic E-state index is 4.55. The van der Waals surface area contributed by atoms with Crippen LogP contribution in [0.1, 0.15) is 50.9 Å². The quantitative estimate of drug-likeness (QED) is 0.869. The second kappa shape index (κ2) is 6.37. The maximum Gasteiger partial charge on any atom is 0.0624 e. The van der Waals surface area contributed by atoms with Gasteiger partial charge in [0.2, 0.25) is 0 Å². The van der Waals surface area contributed by atoms with Gasteiger partial charge in [0.1, 0.15) is 0 Å². The minimum absolute atomic E-state index is 0.743. The summed E-state index contributed by atoms with van der Waals surface area (Å²) in [5, 5.41) is 8.16. The van der Waals surface area contributed by atoms with Crippen molar-refractivity contribution in [1.29, 1.82) is 0 Å². The van der Waals surface area contributed by atoms with E-state index in [4.69, 9.17) is 0 Å². The normalized spacial score (nSPS) is 24.4. The molecule has 1 saturated carbocycles. The van der Waals surface area contributed by atoms with Crippen molar-refractivity contribution in [2.45, 2.75) is 58.4 Å². The second-order valence-electron chi connectivity index (χ2n) is 5.60. The van der Waals surface area contributed by atoms with Gasteiger partial charge in [0.25, 0.3) is 0 Å². The van der Waals surface area contributed by atoms with Gasteiger partial charge in [-0.3, -0.25) is 4.68 Å². The average molecular weight is 249 g/mol. The van der Waals surface area contributed by atoms with E-state index in [-0.39, 0.29) is 0 Å². The van der Waals surface area contributed by atoms with Crippen LogP contribution in [0.25, 0.3) is 0 Å². The number of hydrogen-bond acceptors (Lipinski definition) is 2. The molecule has 3 heteroatoms. The molecule has 1 N–H and O–H groups in total. The third kappa shape index (κ3) is 3.35. The molecule has 1 fully saturated rings. The molecule has 2 rings (SSSR count). The monoisotopic (exact) mass is 249 g/mol. The molecule has 0 aromatic carbocycles. The highest BCUT2D eigenvalue weighted by Crippen LogP contribution is 2.27. The van der Waals surface area contributed by atoms with E-state index in [1.807, 2.05) is 0 Å². The third-order valence-electron chi connectivity index (χ3n) is 4.16. The molecule has 0 spiro atoms.